The average molecular weight is 485 g/mol. The van der Waals surface area contributed by atoms with E-state index in [-0.39, 0.29) is 31.4 Å². The van der Waals surface area contributed by atoms with Gasteiger partial charge in [0.15, 0.2) is 6.61 Å². The summed E-state index contributed by atoms with van der Waals surface area (Å²) in [6.07, 6.45) is 0. The van der Waals surface area contributed by atoms with Crippen molar-refractivity contribution in [2.45, 2.75) is 12.6 Å². The Hall–Kier alpha value is -3.42. The molecule has 3 rings (SSSR count). The van der Waals surface area contributed by atoms with Crippen LogP contribution in [0.3, 0.4) is 0 Å². The third kappa shape index (κ3) is 7.04. The molecule has 0 bridgehead atoms. The summed E-state index contributed by atoms with van der Waals surface area (Å²) in [7, 11) is 1.54. The molecule has 0 aliphatic rings. The summed E-state index contributed by atoms with van der Waals surface area (Å²) < 4.78 is 24.2. The Labute approximate surface area is 203 Å². The Bertz CT molecular complexity index is 1080. The minimum Gasteiger partial charge on any atom is -0.482 e. The third-order valence-corrected chi connectivity index (χ3v) is 5.37. The molecule has 3 aromatic carbocycles. The highest BCUT2D eigenvalue weighted by Crippen LogP contribution is 2.26. The minimum absolute atomic E-state index is 0.0717. The number of ether oxygens (including phenoxy) is 2. The lowest BCUT2D eigenvalue weighted by atomic mass is 10.0. The van der Waals surface area contributed by atoms with E-state index >= 15 is 0 Å². The summed E-state index contributed by atoms with van der Waals surface area (Å²) in [6, 6.07) is 20.7. The highest BCUT2D eigenvalue weighted by molar-refractivity contribution is 6.32. The van der Waals surface area contributed by atoms with E-state index in [2.05, 4.69) is 5.32 Å². The van der Waals surface area contributed by atoms with Gasteiger partial charge in [0.1, 0.15) is 17.6 Å². The Balaban J connectivity index is 1.91. The van der Waals surface area contributed by atoms with E-state index in [9.17, 15) is 14.0 Å². The van der Waals surface area contributed by atoms with Crippen LogP contribution in [0.2, 0.25) is 5.02 Å². The average Bonchev–Trinajstić information content (AvgIpc) is 2.85. The highest BCUT2D eigenvalue weighted by atomic mass is 35.5. The zero-order chi connectivity index (χ0) is 24.3. The van der Waals surface area contributed by atoms with Crippen molar-refractivity contribution in [3.05, 3.63) is 101 Å². The highest BCUT2D eigenvalue weighted by Gasteiger charge is 2.31. The monoisotopic (exact) mass is 484 g/mol. The van der Waals surface area contributed by atoms with Gasteiger partial charge in [-0.2, -0.15) is 0 Å². The fourth-order valence-electron chi connectivity index (χ4n) is 3.38. The molecule has 34 heavy (non-hydrogen) atoms. The molecule has 1 atom stereocenters. The van der Waals surface area contributed by atoms with Gasteiger partial charge in [0.2, 0.25) is 5.91 Å². The normalized spacial score (nSPS) is 11.5. The van der Waals surface area contributed by atoms with E-state index < -0.39 is 11.9 Å². The van der Waals surface area contributed by atoms with Gasteiger partial charge in [-0.1, -0.05) is 66.2 Å². The fourth-order valence-corrected chi connectivity index (χ4v) is 3.57. The zero-order valence-electron chi connectivity index (χ0n) is 18.7. The van der Waals surface area contributed by atoms with Crippen molar-refractivity contribution in [1.82, 2.24) is 10.2 Å². The van der Waals surface area contributed by atoms with Gasteiger partial charge in [-0.05, 0) is 35.4 Å². The lowest BCUT2D eigenvalue weighted by Gasteiger charge is -2.31. The molecule has 0 unspecified atom stereocenters. The number of rotatable bonds is 11. The number of hydrogen-bond donors (Lipinski definition) is 1. The number of nitrogens with zero attached hydrogens (tertiary/aromatic N) is 1. The summed E-state index contributed by atoms with van der Waals surface area (Å²) >= 11 is 6.15. The van der Waals surface area contributed by atoms with Crippen LogP contribution in [0.15, 0.2) is 78.9 Å². The number of carbonyl (C=O) groups excluding carboxylic acids is 2. The number of amides is 2. The van der Waals surface area contributed by atoms with E-state index in [1.54, 1.807) is 60.7 Å². The lowest BCUT2D eigenvalue weighted by Crippen LogP contribution is -2.45. The van der Waals surface area contributed by atoms with Crippen molar-refractivity contribution in [2.75, 3.05) is 26.9 Å². The summed E-state index contributed by atoms with van der Waals surface area (Å²) in [5.74, 6) is -0.822. The first-order chi connectivity index (χ1) is 16.5. The Morgan fingerprint density at radius 1 is 1.00 bits per heavy atom. The third-order valence-electron chi connectivity index (χ3n) is 5.06. The van der Waals surface area contributed by atoms with E-state index in [1.165, 1.54) is 24.1 Å². The van der Waals surface area contributed by atoms with Crippen LogP contribution in [0.1, 0.15) is 17.2 Å². The molecule has 0 aliphatic heterocycles. The fraction of sp³-hybridized carbons (Fsp3) is 0.231. The van der Waals surface area contributed by atoms with Crippen LogP contribution in [0.4, 0.5) is 4.39 Å². The molecule has 0 heterocycles. The maximum absolute atomic E-state index is 13.5. The van der Waals surface area contributed by atoms with Crippen molar-refractivity contribution >= 4 is 23.4 Å². The summed E-state index contributed by atoms with van der Waals surface area (Å²) in [4.78, 5) is 28.1. The molecule has 8 heteroatoms. The second-order valence-corrected chi connectivity index (χ2v) is 7.87. The van der Waals surface area contributed by atoms with E-state index in [0.29, 0.717) is 28.5 Å². The lowest BCUT2D eigenvalue weighted by molar-refractivity contribution is -0.143. The van der Waals surface area contributed by atoms with Gasteiger partial charge in [-0.15, -0.1) is 0 Å². The predicted molar refractivity (Wildman–Crippen MR) is 128 cm³/mol. The Morgan fingerprint density at radius 2 is 1.68 bits per heavy atom. The zero-order valence-corrected chi connectivity index (χ0v) is 19.5. The number of para-hydroxylation sites is 1. The summed E-state index contributed by atoms with van der Waals surface area (Å²) in [6.45, 7) is 0.351. The predicted octanol–water partition coefficient (Wildman–Crippen LogP) is 4.39. The van der Waals surface area contributed by atoms with Gasteiger partial charge in [-0.25, -0.2) is 4.39 Å². The van der Waals surface area contributed by atoms with Crippen LogP contribution in [0.25, 0.3) is 0 Å². The molecule has 0 radical (unpaired) electrons. The van der Waals surface area contributed by atoms with Crippen molar-refractivity contribution in [1.29, 1.82) is 0 Å². The molecule has 0 saturated heterocycles. The molecule has 0 aliphatic carbocycles. The smallest absolute Gasteiger partial charge is 0.261 e. The van der Waals surface area contributed by atoms with Crippen LogP contribution >= 0.6 is 11.6 Å². The minimum atomic E-state index is -0.939. The van der Waals surface area contributed by atoms with E-state index in [4.69, 9.17) is 21.1 Å². The van der Waals surface area contributed by atoms with Gasteiger partial charge >= 0.3 is 0 Å². The van der Waals surface area contributed by atoms with E-state index in [0.717, 1.165) is 0 Å². The molecule has 3 aromatic rings. The maximum Gasteiger partial charge on any atom is 0.261 e. The molecule has 0 fully saturated rings. The van der Waals surface area contributed by atoms with E-state index in [1.807, 2.05) is 6.07 Å². The first-order valence-corrected chi connectivity index (χ1v) is 11.1. The van der Waals surface area contributed by atoms with Crippen LogP contribution in [0, 0.1) is 5.82 Å². The number of halogens is 2. The van der Waals surface area contributed by atoms with Crippen molar-refractivity contribution in [2.24, 2.45) is 0 Å². The van der Waals surface area contributed by atoms with Crippen LogP contribution in [-0.4, -0.2) is 43.6 Å². The first kappa shape index (κ1) is 25.2. The Kier molecular flexibility index (Phi) is 9.43. The standard InChI is InChI=1S/C26H26ClFN2O4/c1-33-16-15-29-26(32)25(20-7-3-2-4-8-20)30(17-19-11-13-21(28)14-12-19)24(31)18-34-23-10-6-5-9-22(23)27/h2-14,25H,15-18H2,1H3,(H,29,32)/t25-/m0/s1. The molecule has 1 N–H and O–H groups in total. The molecule has 0 aromatic heterocycles. The van der Waals surface area contributed by atoms with Gasteiger partial charge in [0.25, 0.3) is 5.91 Å². The summed E-state index contributed by atoms with van der Waals surface area (Å²) in [5.41, 5.74) is 1.30. The molecular formula is C26H26ClFN2O4. The van der Waals surface area contributed by atoms with Gasteiger partial charge in [-0.3, -0.25) is 9.59 Å². The SMILES string of the molecule is COCCNC(=O)[C@H](c1ccccc1)N(Cc1ccc(F)cc1)C(=O)COc1ccccc1Cl. The molecule has 6 nitrogen and oxygen atoms in total. The van der Waals surface area contributed by atoms with Gasteiger partial charge < -0.3 is 19.7 Å². The molecule has 0 spiro atoms. The van der Waals surface area contributed by atoms with Gasteiger partial charge in [0, 0.05) is 20.2 Å². The second kappa shape index (κ2) is 12.7. The number of benzene rings is 3. The molecule has 2 amide bonds. The van der Waals surface area contributed by atoms with Crippen molar-refractivity contribution in [3.8, 4) is 5.75 Å². The van der Waals surface area contributed by atoms with Crippen molar-refractivity contribution < 1.29 is 23.5 Å². The van der Waals surface area contributed by atoms with Crippen LogP contribution < -0.4 is 10.1 Å². The molecule has 178 valence electrons. The van der Waals surface area contributed by atoms with Gasteiger partial charge in [0.05, 0.1) is 11.6 Å². The number of carbonyl (C=O) groups is 2. The van der Waals surface area contributed by atoms with Crippen LogP contribution in [-0.2, 0) is 20.9 Å². The number of methoxy groups -OCH3 is 1. The maximum atomic E-state index is 13.5. The first-order valence-electron chi connectivity index (χ1n) is 10.7. The quantitative estimate of drug-likeness (QED) is 0.410. The number of nitrogens with one attached hydrogen (secondary N) is 1. The second-order valence-electron chi connectivity index (χ2n) is 7.46. The number of hydrogen-bond acceptors (Lipinski definition) is 4. The molecule has 0 saturated carbocycles. The summed E-state index contributed by atoms with van der Waals surface area (Å²) in [5, 5.41) is 3.19. The van der Waals surface area contributed by atoms with Crippen LogP contribution in [0.5, 0.6) is 5.75 Å². The Morgan fingerprint density at radius 3 is 2.35 bits per heavy atom. The topological polar surface area (TPSA) is 67.9 Å². The van der Waals surface area contributed by atoms with Crippen molar-refractivity contribution in [3.63, 3.8) is 0 Å². The molecular weight excluding hydrogens is 459 g/mol. The largest absolute Gasteiger partial charge is 0.482 e.